The molecule has 1 saturated heterocycles. The minimum atomic E-state index is 0.106. The molecule has 0 radical (unpaired) electrons. The Balaban J connectivity index is 1.29. The normalized spacial score (nSPS) is 16.4. The number of amides is 1. The van der Waals surface area contributed by atoms with Crippen molar-refractivity contribution in [1.82, 2.24) is 20.0 Å². The number of carbonyl (C=O) groups excluding carboxylic acids is 1. The monoisotopic (exact) mass is 422 g/mol. The number of aryl methyl sites for hydroxylation is 1. The largest absolute Gasteiger partial charge is 0.354 e. The van der Waals surface area contributed by atoms with E-state index in [-0.39, 0.29) is 11.9 Å². The zero-order valence-corrected chi connectivity index (χ0v) is 18.4. The van der Waals surface area contributed by atoms with E-state index in [0.29, 0.717) is 19.4 Å². The van der Waals surface area contributed by atoms with Gasteiger partial charge < -0.3 is 5.32 Å². The van der Waals surface area contributed by atoms with Crippen LogP contribution < -0.4 is 5.32 Å². The lowest BCUT2D eigenvalue weighted by atomic mass is 9.97. The van der Waals surface area contributed by atoms with Gasteiger partial charge in [-0.1, -0.05) is 31.2 Å². The Morgan fingerprint density at radius 1 is 1.20 bits per heavy atom. The van der Waals surface area contributed by atoms with Gasteiger partial charge in [-0.15, -0.1) is 11.3 Å². The Morgan fingerprint density at radius 2 is 2.00 bits per heavy atom. The van der Waals surface area contributed by atoms with Crippen molar-refractivity contribution in [1.29, 1.82) is 0 Å². The number of likely N-dealkylation sites (tertiary alicyclic amines) is 1. The fraction of sp³-hybridized carbons (Fsp3) is 0.417. The fourth-order valence-corrected chi connectivity index (χ4v) is 4.86. The summed E-state index contributed by atoms with van der Waals surface area (Å²) in [6, 6.07) is 14.6. The van der Waals surface area contributed by atoms with Crippen LogP contribution in [0.2, 0.25) is 0 Å². The molecule has 6 heteroatoms. The number of carbonyl (C=O) groups is 1. The van der Waals surface area contributed by atoms with E-state index in [1.807, 2.05) is 47.4 Å². The van der Waals surface area contributed by atoms with Gasteiger partial charge in [-0.25, -0.2) is 4.68 Å². The number of hydrogen-bond acceptors (Lipinski definition) is 4. The van der Waals surface area contributed by atoms with Crippen LogP contribution in [0, 0.1) is 5.92 Å². The molecule has 0 unspecified atom stereocenters. The summed E-state index contributed by atoms with van der Waals surface area (Å²) in [5.74, 6) is 0.908. The zero-order valence-electron chi connectivity index (χ0n) is 17.5. The number of hydrogen-bond donors (Lipinski definition) is 1. The number of rotatable bonds is 8. The van der Waals surface area contributed by atoms with Crippen LogP contribution in [0.15, 0.2) is 60.2 Å². The smallest absolute Gasteiger partial charge is 0.220 e. The van der Waals surface area contributed by atoms with Gasteiger partial charge in [0, 0.05) is 24.0 Å². The van der Waals surface area contributed by atoms with E-state index in [0.717, 1.165) is 30.3 Å². The lowest BCUT2D eigenvalue weighted by molar-refractivity contribution is -0.121. The van der Waals surface area contributed by atoms with E-state index in [4.69, 9.17) is 0 Å². The molecule has 3 aromatic rings. The Labute approximate surface area is 182 Å². The molecule has 4 rings (SSSR count). The SMILES string of the molecule is CC1CCN([C@@H](CNC(=O)CCc2cnn(-c3ccccc3)c2)c2cccs2)CC1. The molecular weight excluding hydrogens is 392 g/mol. The van der Waals surface area contributed by atoms with Crippen LogP contribution in [-0.2, 0) is 11.2 Å². The molecule has 0 saturated carbocycles. The number of benzene rings is 1. The van der Waals surface area contributed by atoms with Crippen molar-refractivity contribution in [2.75, 3.05) is 19.6 Å². The highest BCUT2D eigenvalue weighted by Gasteiger charge is 2.25. The molecule has 158 valence electrons. The van der Waals surface area contributed by atoms with Gasteiger partial charge in [0.1, 0.15) is 0 Å². The van der Waals surface area contributed by atoms with Gasteiger partial charge in [-0.2, -0.15) is 5.10 Å². The van der Waals surface area contributed by atoms with Crippen LogP contribution in [0.5, 0.6) is 0 Å². The number of piperidine rings is 1. The third-order valence-electron chi connectivity index (χ3n) is 5.92. The van der Waals surface area contributed by atoms with E-state index >= 15 is 0 Å². The molecule has 1 atom stereocenters. The summed E-state index contributed by atoms with van der Waals surface area (Å²) in [6.07, 6.45) is 7.51. The Morgan fingerprint density at radius 3 is 2.73 bits per heavy atom. The van der Waals surface area contributed by atoms with E-state index in [2.05, 4.69) is 39.8 Å². The Bertz CT molecular complexity index is 914. The fourth-order valence-electron chi connectivity index (χ4n) is 4.00. The van der Waals surface area contributed by atoms with Gasteiger partial charge in [0.2, 0.25) is 5.91 Å². The number of nitrogens with one attached hydrogen (secondary N) is 1. The first kappa shape index (κ1) is 20.8. The lowest BCUT2D eigenvalue weighted by Gasteiger charge is -2.36. The van der Waals surface area contributed by atoms with Gasteiger partial charge in [-0.05, 0) is 67.4 Å². The van der Waals surface area contributed by atoms with Gasteiger partial charge in [0.05, 0.1) is 17.9 Å². The van der Waals surface area contributed by atoms with Crippen molar-refractivity contribution < 1.29 is 4.79 Å². The second-order valence-corrected chi connectivity index (χ2v) is 9.16. The van der Waals surface area contributed by atoms with Crippen LogP contribution in [0.1, 0.15) is 42.7 Å². The standard InChI is InChI=1S/C24H30N4OS/c1-19-11-13-27(14-12-19)22(23-8-5-15-30-23)17-25-24(29)10-9-20-16-26-28(18-20)21-6-3-2-4-7-21/h2-8,15-16,18-19,22H,9-14,17H2,1H3,(H,25,29)/t22-/m0/s1. The third-order valence-corrected chi connectivity index (χ3v) is 6.89. The van der Waals surface area contributed by atoms with Crippen molar-refractivity contribution in [3.8, 4) is 5.69 Å². The van der Waals surface area contributed by atoms with Crippen molar-refractivity contribution >= 4 is 17.2 Å². The van der Waals surface area contributed by atoms with E-state index in [1.165, 1.54) is 17.7 Å². The maximum absolute atomic E-state index is 12.5. The Hall–Kier alpha value is -2.44. The van der Waals surface area contributed by atoms with Crippen LogP contribution >= 0.6 is 11.3 Å². The quantitative estimate of drug-likeness (QED) is 0.583. The van der Waals surface area contributed by atoms with Crippen molar-refractivity contribution in [2.24, 2.45) is 5.92 Å². The first-order valence-electron chi connectivity index (χ1n) is 10.8. The van der Waals surface area contributed by atoms with Gasteiger partial charge >= 0.3 is 0 Å². The van der Waals surface area contributed by atoms with Crippen LogP contribution in [0.4, 0.5) is 0 Å². The second-order valence-electron chi connectivity index (χ2n) is 8.18. The third kappa shape index (κ3) is 5.37. The highest BCUT2D eigenvalue weighted by atomic mass is 32.1. The maximum atomic E-state index is 12.5. The summed E-state index contributed by atoms with van der Waals surface area (Å²) in [4.78, 5) is 16.4. The predicted molar refractivity (Wildman–Crippen MR) is 122 cm³/mol. The maximum Gasteiger partial charge on any atom is 0.220 e. The van der Waals surface area contributed by atoms with Crippen molar-refractivity contribution in [3.63, 3.8) is 0 Å². The minimum absolute atomic E-state index is 0.106. The predicted octanol–water partition coefficient (Wildman–Crippen LogP) is 4.46. The molecule has 5 nitrogen and oxygen atoms in total. The van der Waals surface area contributed by atoms with E-state index < -0.39 is 0 Å². The van der Waals surface area contributed by atoms with Crippen LogP contribution in [0.25, 0.3) is 5.69 Å². The Kier molecular flexibility index (Phi) is 6.97. The summed E-state index contributed by atoms with van der Waals surface area (Å²) in [6.45, 7) is 5.23. The zero-order chi connectivity index (χ0) is 20.8. The van der Waals surface area contributed by atoms with E-state index in [1.54, 1.807) is 11.3 Å². The summed E-state index contributed by atoms with van der Waals surface area (Å²) in [5.41, 5.74) is 2.11. The van der Waals surface area contributed by atoms with Crippen molar-refractivity contribution in [2.45, 2.75) is 38.6 Å². The molecule has 1 aliphatic heterocycles. The summed E-state index contributed by atoms with van der Waals surface area (Å²) in [5, 5.41) is 9.73. The number of para-hydroxylation sites is 1. The highest BCUT2D eigenvalue weighted by molar-refractivity contribution is 7.10. The molecule has 0 aliphatic carbocycles. The molecule has 30 heavy (non-hydrogen) atoms. The average molecular weight is 423 g/mol. The van der Waals surface area contributed by atoms with Crippen LogP contribution in [-0.4, -0.2) is 40.2 Å². The summed E-state index contributed by atoms with van der Waals surface area (Å²) in [7, 11) is 0. The summed E-state index contributed by atoms with van der Waals surface area (Å²) < 4.78 is 1.86. The number of nitrogens with zero attached hydrogens (tertiary/aromatic N) is 3. The molecule has 2 aromatic heterocycles. The van der Waals surface area contributed by atoms with Crippen LogP contribution in [0.3, 0.4) is 0 Å². The molecule has 1 fully saturated rings. The van der Waals surface area contributed by atoms with Gasteiger partial charge in [-0.3, -0.25) is 9.69 Å². The minimum Gasteiger partial charge on any atom is -0.354 e. The van der Waals surface area contributed by atoms with Crippen molar-refractivity contribution in [3.05, 3.63) is 70.7 Å². The topological polar surface area (TPSA) is 50.2 Å². The van der Waals surface area contributed by atoms with E-state index in [9.17, 15) is 4.79 Å². The molecule has 1 aromatic carbocycles. The first-order chi connectivity index (χ1) is 14.7. The molecule has 1 aliphatic rings. The molecule has 1 amide bonds. The highest BCUT2D eigenvalue weighted by Crippen LogP contribution is 2.29. The lowest BCUT2D eigenvalue weighted by Crippen LogP contribution is -2.41. The molecular formula is C24H30N4OS. The molecule has 1 N–H and O–H groups in total. The molecule has 3 heterocycles. The number of aromatic nitrogens is 2. The number of thiophene rings is 1. The molecule has 0 bridgehead atoms. The average Bonchev–Trinajstić information content (AvgIpc) is 3.47. The summed E-state index contributed by atoms with van der Waals surface area (Å²) >= 11 is 1.78. The first-order valence-corrected chi connectivity index (χ1v) is 11.7. The van der Waals surface area contributed by atoms with Gasteiger partial charge in [0.25, 0.3) is 0 Å². The van der Waals surface area contributed by atoms with Gasteiger partial charge in [0.15, 0.2) is 0 Å². The molecule has 0 spiro atoms. The second kappa shape index (κ2) is 10.0.